The van der Waals surface area contributed by atoms with Crippen LogP contribution in [0.1, 0.15) is 37.9 Å². The van der Waals surface area contributed by atoms with Gasteiger partial charge in [-0.25, -0.2) is 9.79 Å². The Kier molecular flexibility index (Phi) is 5.38. The minimum atomic E-state index is -0.539. The lowest BCUT2D eigenvalue weighted by Gasteiger charge is -2.35. The lowest BCUT2D eigenvalue weighted by molar-refractivity contribution is -0.143. The molecule has 0 saturated carbocycles. The summed E-state index contributed by atoms with van der Waals surface area (Å²) in [5.41, 5.74) is 9.03. The number of rotatable bonds is 4. The number of hydrogen-bond donors (Lipinski definition) is 1. The lowest BCUT2D eigenvalue weighted by atomic mass is 9.91. The molecule has 0 saturated heterocycles. The van der Waals surface area contributed by atoms with Crippen LogP contribution in [-0.2, 0) is 9.53 Å². The average molecular weight is 398 g/mol. The van der Waals surface area contributed by atoms with Gasteiger partial charge in [-0.1, -0.05) is 6.07 Å². The van der Waals surface area contributed by atoms with Gasteiger partial charge in [-0.2, -0.15) is 5.26 Å². The highest BCUT2D eigenvalue weighted by Crippen LogP contribution is 2.46. The van der Waals surface area contributed by atoms with Crippen molar-refractivity contribution >= 4 is 22.9 Å². The van der Waals surface area contributed by atoms with Crippen LogP contribution in [0, 0.1) is 18.3 Å². The normalized spacial score (nSPS) is 18.8. The molecular weight excluding hydrogens is 376 g/mol. The third-order valence-electron chi connectivity index (χ3n) is 4.51. The molecule has 1 atom stereocenters. The molecule has 0 radical (unpaired) electrons. The van der Waals surface area contributed by atoms with Crippen molar-refractivity contribution in [2.75, 3.05) is 7.11 Å². The van der Waals surface area contributed by atoms with Gasteiger partial charge in [-0.3, -0.25) is 4.90 Å². The zero-order valence-corrected chi connectivity index (χ0v) is 17.3. The molecule has 0 bridgehead atoms. The number of aliphatic imine (C=N–C) groups is 1. The summed E-state index contributed by atoms with van der Waals surface area (Å²) < 4.78 is 10.8. The molecule has 1 aromatic rings. The third kappa shape index (κ3) is 3.34. The molecule has 0 aliphatic carbocycles. The van der Waals surface area contributed by atoms with Gasteiger partial charge >= 0.3 is 5.97 Å². The first-order valence-corrected chi connectivity index (χ1v) is 9.62. The molecule has 0 amide bonds. The van der Waals surface area contributed by atoms with E-state index in [0.29, 0.717) is 21.3 Å². The standard InChI is InChI=1S/C20H22N4O3S/c1-10(2)27-19(25)16-12(4)23-20-24(18(22)15(9-21)28-20)17(16)14-7-6-13(26-5)8-11(14)3/h6-8,10,17H,22H2,1-5H3/t17-/m0/s1. The van der Waals surface area contributed by atoms with E-state index in [1.807, 2.05) is 25.1 Å². The first-order valence-electron chi connectivity index (χ1n) is 8.80. The van der Waals surface area contributed by atoms with Crippen LogP contribution in [0.15, 0.2) is 45.2 Å². The summed E-state index contributed by atoms with van der Waals surface area (Å²) in [5, 5.41) is 9.99. The van der Waals surface area contributed by atoms with E-state index in [-0.39, 0.29) is 11.9 Å². The Morgan fingerprint density at radius 3 is 2.68 bits per heavy atom. The number of nitriles is 1. The molecule has 1 aromatic carbocycles. The van der Waals surface area contributed by atoms with Crippen LogP contribution in [0.4, 0.5) is 0 Å². The fraction of sp³-hybridized carbons (Fsp3) is 0.350. The number of thioether (sulfide) groups is 1. The number of nitrogens with two attached hydrogens (primary N) is 1. The third-order valence-corrected chi connectivity index (χ3v) is 5.49. The molecule has 0 unspecified atom stereocenters. The SMILES string of the molecule is COc1ccc([C@H]2C(C(=O)OC(C)C)=C(C)N=C3SC(C#N)=C(N)N32)c(C)c1. The summed E-state index contributed by atoms with van der Waals surface area (Å²) in [6.07, 6.45) is -0.272. The van der Waals surface area contributed by atoms with Crippen molar-refractivity contribution in [3.63, 3.8) is 0 Å². The summed E-state index contributed by atoms with van der Waals surface area (Å²) in [6, 6.07) is 7.21. The lowest BCUT2D eigenvalue weighted by Crippen LogP contribution is -2.39. The van der Waals surface area contributed by atoms with Crippen molar-refractivity contribution in [1.29, 1.82) is 5.26 Å². The number of carbonyl (C=O) groups excluding carboxylic acids is 1. The number of fused-ring (bicyclic) bond motifs is 1. The van der Waals surface area contributed by atoms with Gasteiger partial charge in [-0.05, 0) is 62.7 Å². The van der Waals surface area contributed by atoms with Gasteiger partial charge in [-0.15, -0.1) is 0 Å². The number of amidine groups is 1. The number of nitrogens with zero attached hydrogens (tertiary/aromatic N) is 3. The smallest absolute Gasteiger partial charge is 0.338 e. The fourth-order valence-corrected chi connectivity index (χ4v) is 4.17. The monoisotopic (exact) mass is 398 g/mol. The number of aryl methyl sites for hydroxylation is 1. The minimum Gasteiger partial charge on any atom is -0.497 e. The quantitative estimate of drug-likeness (QED) is 0.776. The average Bonchev–Trinajstić information content (AvgIpc) is 2.95. The Labute approximate surface area is 168 Å². The molecule has 8 heteroatoms. The minimum absolute atomic E-state index is 0.272. The molecule has 0 spiro atoms. The summed E-state index contributed by atoms with van der Waals surface area (Å²) in [6.45, 7) is 7.31. The number of allylic oxidation sites excluding steroid dienone is 2. The molecule has 0 aromatic heterocycles. The molecule has 7 nitrogen and oxygen atoms in total. The number of esters is 1. The largest absolute Gasteiger partial charge is 0.497 e. The molecule has 0 fully saturated rings. The van der Waals surface area contributed by atoms with Gasteiger partial charge in [0.05, 0.1) is 30.5 Å². The predicted molar refractivity (Wildman–Crippen MR) is 108 cm³/mol. The molecule has 2 heterocycles. The van der Waals surface area contributed by atoms with E-state index >= 15 is 0 Å². The highest BCUT2D eigenvalue weighted by Gasteiger charge is 2.43. The Hall–Kier alpha value is -2.92. The number of benzene rings is 1. The molecule has 2 aliphatic heterocycles. The van der Waals surface area contributed by atoms with Gasteiger partial charge in [0, 0.05) is 0 Å². The van der Waals surface area contributed by atoms with Crippen LogP contribution in [0.2, 0.25) is 0 Å². The number of carbonyl (C=O) groups is 1. The first-order chi connectivity index (χ1) is 13.3. The van der Waals surface area contributed by atoms with Crippen molar-refractivity contribution in [3.05, 3.63) is 51.3 Å². The topological polar surface area (TPSA) is 101 Å². The predicted octanol–water partition coefficient (Wildman–Crippen LogP) is 3.34. The second-order valence-corrected chi connectivity index (χ2v) is 7.75. The van der Waals surface area contributed by atoms with E-state index in [9.17, 15) is 10.1 Å². The van der Waals surface area contributed by atoms with E-state index in [2.05, 4.69) is 11.1 Å². The van der Waals surface area contributed by atoms with E-state index in [0.717, 1.165) is 16.9 Å². The van der Waals surface area contributed by atoms with E-state index in [1.165, 1.54) is 11.8 Å². The molecule has 146 valence electrons. The second-order valence-electron chi connectivity index (χ2n) is 6.77. The Morgan fingerprint density at radius 1 is 1.39 bits per heavy atom. The fourth-order valence-electron chi connectivity index (χ4n) is 3.26. The summed E-state index contributed by atoms with van der Waals surface area (Å²) >= 11 is 1.20. The molecule has 28 heavy (non-hydrogen) atoms. The number of hydrogen-bond acceptors (Lipinski definition) is 8. The Bertz CT molecular complexity index is 972. The molecule has 2 aliphatic rings. The van der Waals surface area contributed by atoms with Gasteiger partial charge in [0.1, 0.15) is 22.5 Å². The van der Waals surface area contributed by atoms with Gasteiger partial charge in [0.15, 0.2) is 5.17 Å². The maximum absolute atomic E-state index is 13.0. The number of methoxy groups -OCH3 is 1. The van der Waals surface area contributed by atoms with Gasteiger partial charge < -0.3 is 15.2 Å². The van der Waals surface area contributed by atoms with Crippen molar-refractivity contribution in [3.8, 4) is 11.8 Å². The number of ether oxygens (including phenoxy) is 2. The van der Waals surface area contributed by atoms with Crippen molar-refractivity contribution in [2.24, 2.45) is 10.7 Å². The van der Waals surface area contributed by atoms with Crippen molar-refractivity contribution in [1.82, 2.24) is 4.90 Å². The highest BCUT2D eigenvalue weighted by atomic mass is 32.2. The van der Waals surface area contributed by atoms with Crippen LogP contribution < -0.4 is 10.5 Å². The van der Waals surface area contributed by atoms with Gasteiger partial charge in [0.25, 0.3) is 0 Å². The highest BCUT2D eigenvalue weighted by molar-refractivity contribution is 8.17. The van der Waals surface area contributed by atoms with Crippen molar-refractivity contribution in [2.45, 2.75) is 39.8 Å². The van der Waals surface area contributed by atoms with Crippen LogP contribution in [0.3, 0.4) is 0 Å². The summed E-state index contributed by atoms with van der Waals surface area (Å²) in [4.78, 5) is 19.6. The zero-order chi connectivity index (χ0) is 20.6. The summed E-state index contributed by atoms with van der Waals surface area (Å²) in [5.74, 6) is 0.558. The maximum Gasteiger partial charge on any atom is 0.338 e. The Balaban J connectivity index is 2.20. The Morgan fingerprint density at radius 2 is 2.11 bits per heavy atom. The zero-order valence-electron chi connectivity index (χ0n) is 16.4. The van der Waals surface area contributed by atoms with E-state index in [4.69, 9.17) is 15.2 Å². The van der Waals surface area contributed by atoms with Crippen molar-refractivity contribution < 1.29 is 14.3 Å². The molecule has 2 N–H and O–H groups in total. The van der Waals surface area contributed by atoms with Crippen LogP contribution >= 0.6 is 11.8 Å². The van der Waals surface area contributed by atoms with Gasteiger partial charge in [0.2, 0.25) is 0 Å². The van der Waals surface area contributed by atoms with Crippen LogP contribution in [0.25, 0.3) is 0 Å². The maximum atomic E-state index is 13.0. The van der Waals surface area contributed by atoms with E-state index in [1.54, 1.807) is 32.8 Å². The van der Waals surface area contributed by atoms with Crippen LogP contribution in [0.5, 0.6) is 5.75 Å². The molecule has 3 rings (SSSR count). The second kappa shape index (κ2) is 7.60. The molecular formula is C20H22N4O3S. The first kappa shape index (κ1) is 19.8. The van der Waals surface area contributed by atoms with E-state index < -0.39 is 12.0 Å². The van der Waals surface area contributed by atoms with Crippen LogP contribution in [-0.4, -0.2) is 29.3 Å². The summed E-state index contributed by atoms with van der Waals surface area (Å²) in [7, 11) is 1.60.